The molecule has 1 atom stereocenters. The second kappa shape index (κ2) is 5.10. The van der Waals surface area contributed by atoms with Crippen LogP contribution in [0.25, 0.3) is 0 Å². The molecule has 0 amide bonds. The summed E-state index contributed by atoms with van der Waals surface area (Å²) in [6.45, 7) is 7.85. The van der Waals surface area contributed by atoms with Crippen LogP contribution < -0.4 is 5.32 Å². The van der Waals surface area contributed by atoms with Crippen molar-refractivity contribution in [1.82, 2.24) is 14.9 Å². The molecule has 19 heavy (non-hydrogen) atoms. The number of thiophene rings is 1. The fraction of sp³-hybridized carbons (Fsp3) is 0.533. The van der Waals surface area contributed by atoms with Crippen LogP contribution in [0.5, 0.6) is 0 Å². The topological polar surface area (TPSA) is 29.9 Å². The predicted octanol–water partition coefficient (Wildman–Crippen LogP) is 3.00. The van der Waals surface area contributed by atoms with E-state index in [0.29, 0.717) is 5.92 Å². The first-order chi connectivity index (χ1) is 9.17. The Balaban J connectivity index is 1.82. The summed E-state index contributed by atoms with van der Waals surface area (Å²) in [5.74, 6) is 0.627. The molecule has 1 saturated heterocycles. The molecule has 1 aliphatic rings. The van der Waals surface area contributed by atoms with Crippen molar-refractivity contribution in [2.45, 2.75) is 38.1 Å². The molecule has 1 N–H and O–H groups in total. The molecule has 0 bridgehead atoms. The predicted molar refractivity (Wildman–Crippen MR) is 79.8 cm³/mol. The summed E-state index contributed by atoms with van der Waals surface area (Å²) in [6.07, 6.45) is 5.26. The first-order valence-corrected chi connectivity index (χ1v) is 7.79. The Bertz CT molecular complexity index is 521. The number of hydrogen-bond acceptors (Lipinski definition) is 3. The van der Waals surface area contributed by atoms with Gasteiger partial charge in [0.05, 0.1) is 6.33 Å². The molecule has 1 aliphatic heterocycles. The van der Waals surface area contributed by atoms with Crippen LogP contribution in [0, 0.1) is 0 Å². The van der Waals surface area contributed by atoms with Gasteiger partial charge >= 0.3 is 0 Å². The lowest BCUT2D eigenvalue weighted by atomic mass is 9.91. The number of nitrogens with one attached hydrogen (secondary N) is 1. The Kier molecular flexibility index (Phi) is 3.46. The van der Waals surface area contributed by atoms with Gasteiger partial charge in [-0.3, -0.25) is 0 Å². The summed E-state index contributed by atoms with van der Waals surface area (Å²) in [7, 11) is 0. The number of aromatic nitrogens is 2. The molecule has 0 aliphatic carbocycles. The van der Waals surface area contributed by atoms with Gasteiger partial charge in [0.2, 0.25) is 0 Å². The van der Waals surface area contributed by atoms with Crippen LogP contribution in [0.15, 0.2) is 30.0 Å². The molecule has 1 unspecified atom stereocenters. The van der Waals surface area contributed by atoms with Gasteiger partial charge in [-0.1, -0.05) is 19.9 Å². The highest BCUT2D eigenvalue weighted by Gasteiger charge is 2.26. The first-order valence-electron chi connectivity index (χ1n) is 6.91. The number of rotatable bonds is 4. The summed E-state index contributed by atoms with van der Waals surface area (Å²) >= 11 is 1.84. The standard InChI is InChI=1S/C15H21N3S/c1-15(2,14-4-3-7-19-14)10-18-11-17-9-13(18)12-5-6-16-8-12/h3-4,7,9,11-12,16H,5-6,8,10H2,1-2H3. The molecule has 2 aromatic rings. The van der Waals surface area contributed by atoms with E-state index in [9.17, 15) is 0 Å². The van der Waals surface area contributed by atoms with Crippen molar-refractivity contribution >= 4 is 11.3 Å². The Morgan fingerprint density at radius 2 is 2.42 bits per heavy atom. The molecular formula is C15H21N3S. The van der Waals surface area contributed by atoms with Gasteiger partial charge in [0, 0.05) is 41.2 Å². The number of imidazole rings is 1. The maximum Gasteiger partial charge on any atom is 0.0948 e. The van der Waals surface area contributed by atoms with Crippen molar-refractivity contribution in [3.05, 3.63) is 40.6 Å². The van der Waals surface area contributed by atoms with Crippen molar-refractivity contribution in [3.63, 3.8) is 0 Å². The molecule has 0 aromatic carbocycles. The van der Waals surface area contributed by atoms with E-state index in [1.165, 1.54) is 17.0 Å². The molecule has 0 radical (unpaired) electrons. The Hall–Kier alpha value is -1.13. The van der Waals surface area contributed by atoms with E-state index in [1.807, 2.05) is 23.9 Å². The molecule has 3 heterocycles. The lowest BCUT2D eigenvalue weighted by Gasteiger charge is -2.26. The molecule has 102 valence electrons. The lowest BCUT2D eigenvalue weighted by Crippen LogP contribution is -2.25. The maximum atomic E-state index is 4.37. The summed E-state index contributed by atoms with van der Waals surface area (Å²) in [5, 5.41) is 5.60. The van der Waals surface area contributed by atoms with Crippen LogP contribution in [-0.2, 0) is 12.0 Å². The molecule has 1 fully saturated rings. The molecule has 0 saturated carbocycles. The van der Waals surface area contributed by atoms with Crippen LogP contribution in [0.3, 0.4) is 0 Å². The van der Waals surface area contributed by atoms with Crippen molar-refractivity contribution < 1.29 is 0 Å². The normalized spacial score (nSPS) is 20.0. The Morgan fingerprint density at radius 1 is 1.53 bits per heavy atom. The first kappa shape index (κ1) is 12.9. The van der Waals surface area contributed by atoms with Gasteiger partial charge in [-0.05, 0) is 24.4 Å². The highest BCUT2D eigenvalue weighted by atomic mass is 32.1. The van der Waals surface area contributed by atoms with Crippen molar-refractivity contribution in [3.8, 4) is 0 Å². The molecule has 3 nitrogen and oxygen atoms in total. The van der Waals surface area contributed by atoms with E-state index in [1.54, 1.807) is 0 Å². The molecular weight excluding hydrogens is 254 g/mol. The number of hydrogen-bond donors (Lipinski definition) is 1. The monoisotopic (exact) mass is 275 g/mol. The maximum absolute atomic E-state index is 4.37. The number of nitrogens with zero attached hydrogens (tertiary/aromatic N) is 2. The summed E-state index contributed by atoms with van der Waals surface area (Å²) in [6, 6.07) is 4.37. The molecule has 3 rings (SSSR count). The summed E-state index contributed by atoms with van der Waals surface area (Å²) in [5.41, 5.74) is 1.55. The zero-order chi connectivity index (χ0) is 13.3. The van der Waals surface area contributed by atoms with Crippen LogP contribution in [0.2, 0.25) is 0 Å². The van der Waals surface area contributed by atoms with Crippen LogP contribution in [-0.4, -0.2) is 22.6 Å². The van der Waals surface area contributed by atoms with E-state index in [2.05, 4.69) is 46.2 Å². The Labute approximate surface area is 118 Å². The van der Waals surface area contributed by atoms with E-state index in [0.717, 1.165) is 19.6 Å². The fourth-order valence-electron chi connectivity index (χ4n) is 2.88. The minimum atomic E-state index is 0.162. The highest BCUT2D eigenvalue weighted by Crippen LogP contribution is 2.31. The van der Waals surface area contributed by atoms with E-state index in [4.69, 9.17) is 0 Å². The third-order valence-corrected chi connectivity index (χ3v) is 5.21. The highest BCUT2D eigenvalue weighted by molar-refractivity contribution is 7.10. The van der Waals surface area contributed by atoms with Crippen LogP contribution >= 0.6 is 11.3 Å². The van der Waals surface area contributed by atoms with E-state index < -0.39 is 0 Å². The molecule has 0 spiro atoms. The van der Waals surface area contributed by atoms with Gasteiger partial charge in [0.15, 0.2) is 0 Å². The van der Waals surface area contributed by atoms with Crippen molar-refractivity contribution in [1.29, 1.82) is 0 Å². The van der Waals surface area contributed by atoms with Gasteiger partial charge in [-0.25, -0.2) is 4.98 Å². The average molecular weight is 275 g/mol. The lowest BCUT2D eigenvalue weighted by molar-refractivity contribution is 0.428. The largest absolute Gasteiger partial charge is 0.333 e. The molecule has 4 heteroatoms. The van der Waals surface area contributed by atoms with Gasteiger partial charge < -0.3 is 9.88 Å². The van der Waals surface area contributed by atoms with Crippen molar-refractivity contribution in [2.24, 2.45) is 0 Å². The Morgan fingerprint density at radius 3 is 3.11 bits per heavy atom. The minimum Gasteiger partial charge on any atom is -0.333 e. The van der Waals surface area contributed by atoms with E-state index in [-0.39, 0.29) is 5.41 Å². The van der Waals surface area contributed by atoms with Crippen LogP contribution in [0.1, 0.15) is 36.8 Å². The smallest absolute Gasteiger partial charge is 0.0948 e. The second-order valence-electron chi connectivity index (χ2n) is 6.00. The van der Waals surface area contributed by atoms with E-state index >= 15 is 0 Å². The second-order valence-corrected chi connectivity index (χ2v) is 6.95. The molecule has 2 aromatic heterocycles. The SMILES string of the molecule is CC(C)(Cn1cncc1C1CCNC1)c1cccs1. The fourth-order valence-corrected chi connectivity index (χ4v) is 3.72. The zero-order valence-electron chi connectivity index (χ0n) is 11.6. The zero-order valence-corrected chi connectivity index (χ0v) is 12.4. The van der Waals surface area contributed by atoms with Gasteiger partial charge in [-0.15, -0.1) is 11.3 Å². The summed E-state index contributed by atoms with van der Waals surface area (Å²) < 4.78 is 2.34. The minimum absolute atomic E-state index is 0.162. The quantitative estimate of drug-likeness (QED) is 0.929. The van der Waals surface area contributed by atoms with Gasteiger partial charge in [0.1, 0.15) is 0 Å². The third-order valence-electron chi connectivity index (χ3n) is 3.98. The average Bonchev–Trinajstić information content (AvgIpc) is 3.11. The van der Waals surface area contributed by atoms with Crippen LogP contribution in [0.4, 0.5) is 0 Å². The van der Waals surface area contributed by atoms with Crippen molar-refractivity contribution in [2.75, 3.05) is 13.1 Å². The summed E-state index contributed by atoms with van der Waals surface area (Å²) in [4.78, 5) is 5.81. The van der Waals surface area contributed by atoms with Gasteiger partial charge in [-0.2, -0.15) is 0 Å². The third kappa shape index (κ3) is 2.60. The van der Waals surface area contributed by atoms with Gasteiger partial charge in [0.25, 0.3) is 0 Å².